The molecule has 4 aromatic rings. The molecule has 9 nitrogen and oxygen atoms in total. The molecule has 0 spiro atoms. The Morgan fingerprint density at radius 2 is 1.82 bits per heavy atom. The maximum atomic E-state index is 12.3. The van der Waals surface area contributed by atoms with Crippen LogP contribution < -0.4 is 16.5 Å². The Hall–Kier alpha value is -3.70. The fourth-order valence-corrected chi connectivity index (χ4v) is 3.92. The number of nitrogens with zero attached hydrogens (tertiary/aromatic N) is 4. The van der Waals surface area contributed by atoms with Gasteiger partial charge in [0.2, 0.25) is 11.1 Å². The lowest BCUT2D eigenvalue weighted by atomic mass is 10.2. The molecule has 2 amide bonds. The maximum Gasteiger partial charge on any atom is 0.257 e. The van der Waals surface area contributed by atoms with Gasteiger partial charge < -0.3 is 16.5 Å². The minimum absolute atomic E-state index is 0.126. The highest BCUT2D eigenvalue weighted by atomic mass is 79.9. The van der Waals surface area contributed by atoms with Crippen molar-refractivity contribution >= 4 is 50.9 Å². The molecule has 0 aliphatic rings. The first-order chi connectivity index (χ1) is 16.0. The van der Waals surface area contributed by atoms with E-state index in [0.717, 1.165) is 10.0 Å². The summed E-state index contributed by atoms with van der Waals surface area (Å²) < 4.78 is 2.21. The summed E-state index contributed by atoms with van der Waals surface area (Å²) in [6.45, 7) is 0. The van der Waals surface area contributed by atoms with E-state index in [1.165, 1.54) is 22.6 Å². The second-order valence-electron chi connectivity index (χ2n) is 6.80. The second-order valence-corrected chi connectivity index (χ2v) is 8.65. The molecule has 0 fully saturated rings. The van der Waals surface area contributed by atoms with Gasteiger partial charge in [0, 0.05) is 33.8 Å². The van der Waals surface area contributed by atoms with Gasteiger partial charge in [0.1, 0.15) is 0 Å². The summed E-state index contributed by atoms with van der Waals surface area (Å²) in [7, 11) is 0. The normalized spacial score (nSPS) is 10.6. The predicted molar refractivity (Wildman–Crippen MR) is 131 cm³/mol. The first-order valence-corrected chi connectivity index (χ1v) is 11.5. The standard InChI is InChI=1S/C22H18BrN7O2S/c23-16-4-1-5-18(11-16)26-19(31)13-33-22-29-28-20(30(22)24)14-6-8-17(9-7-14)27-21(32)15-3-2-10-25-12-15/h1-12H,13,24H2,(H,26,31)(H,27,32). The number of aromatic nitrogens is 4. The lowest BCUT2D eigenvalue weighted by Crippen LogP contribution is -2.16. The summed E-state index contributed by atoms with van der Waals surface area (Å²) in [5.74, 6) is 6.27. The molecule has 0 saturated carbocycles. The van der Waals surface area contributed by atoms with Crippen LogP contribution in [-0.4, -0.2) is 37.4 Å². The molecule has 2 aromatic carbocycles. The molecule has 0 unspecified atom stereocenters. The quantitative estimate of drug-likeness (QED) is 0.248. The number of amides is 2. The number of nitrogens with two attached hydrogens (primary N) is 1. The van der Waals surface area contributed by atoms with Gasteiger partial charge in [-0.2, -0.15) is 0 Å². The third-order valence-corrected chi connectivity index (χ3v) is 5.87. The SMILES string of the molecule is Nn1c(SCC(=O)Nc2cccc(Br)c2)nnc1-c1ccc(NC(=O)c2cccnc2)cc1. The van der Waals surface area contributed by atoms with E-state index in [4.69, 9.17) is 5.84 Å². The van der Waals surface area contributed by atoms with Crippen molar-refractivity contribution in [2.24, 2.45) is 0 Å². The third kappa shape index (κ3) is 5.76. The van der Waals surface area contributed by atoms with Crippen molar-refractivity contribution in [3.8, 4) is 11.4 Å². The van der Waals surface area contributed by atoms with E-state index < -0.39 is 0 Å². The van der Waals surface area contributed by atoms with E-state index in [1.54, 1.807) is 48.7 Å². The number of carbonyl (C=O) groups excluding carboxylic acids is 2. The molecular weight excluding hydrogens is 506 g/mol. The minimum Gasteiger partial charge on any atom is -0.335 e. The monoisotopic (exact) mass is 523 g/mol. The molecule has 0 aliphatic heterocycles. The number of carbonyl (C=O) groups is 2. The largest absolute Gasteiger partial charge is 0.335 e. The van der Waals surface area contributed by atoms with Crippen LogP contribution in [0.15, 0.2) is 82.7 Å². The Morgan fingerprint density at radius 1 is 1.00 bits per heavy atom. The van der Waals surface area contributed by atoms with Crippen LogP contribution in [-0.2, 0) is 4.79 Å². The zero-order valence-electron chi connectivity index (χ0n) is 17.1. The third-order valence-electron chi connectivity index (χ3n) is 4.43. The molecule has 11 heteroatoms. The van der Waals surface area contributed by atoms with Crippen molar-refractivity contribution < 1.29 is 9.59 Å². The van der Waals surface area contributed by atoms with Crippen molar-refractivity contribution in [3.63, 3.8) is 0 Å². The Labute approximate surface area is 201 Å². The van der Waals surface area contributed by atoms with Crippen LogP contribution in [0.25, 0.3) is 11.4 Å². The Balaban J connectivity index is 1.37. The smallest absolute Gasteiger partial charge is 0.257 e. The molecule has 0 saturated heterocycles. The predicted octanol–water partition coefficient (Wildman–Crippen LogP) is 3.80. The summed E-state index contributed by atoms with van der Waals surface area (Å²) in [6.07, 6.45) is 3.11. The minimum atomic E-state index is -0.252. The summed E-state index contributed by atoms with van der Waals surface area (Å²) >= 11 is 4.55. The van der Waals surface area contributed by atoms with Crippen molar-refractivity contribution in [1.29, 1.82) is 0 Å². The van der Waals surface area contributed by atoms with Gasteiger partial charge in [-0.15, -0.1) is 10.2 Å². The summed E-state index contributed by atoms with van der Waals surface area (Å²) in [5, 5.41) is 14.2. The van der Waals surface area contributed by atoms with E-state index >= 15 is 0 Å². The number of rotatable bonds is 7. The Bertz CT molecular complexity index is 1280. The molecule has 0 aliphatic carbocycles. The van der Waals surface area contributed by atoms with Gasteiger partial charge in [0.25, 0.3) is 5.91 Å². The molecule has 33 heavy (non-hydrogen) atoms. The number of nitrogens with one attached hydrogen (secondary N) is 2. The van der Waals surface area contributed by atoms with Crippen LogP contribution in [0.4, 0.5) is 11.4 Å². The highest BCUT2D eigenvalue weighted by Crippen LogP contribution is 2.23. The number of benzene rings is 2. The average molecular weight is 524 g/mol. The van der Waals surface area contributed by atoms with Gasteiger partial charge in [-0.25, -0.2) is 4.68 Å². The summed E-state index contributed by atoms with van der Waals surface area (Å²) in [5.41, 5.74) is 2.50. The summed E-state index contributed by atoms with van der Waals surface area (Å²) in [4.78, 5) is 28.4. The highest BCUT2D eigenvalue weighted by molar-refractivity contribution is 9.10. The number of hydrogen-bond donors (Lipinski definition) is 3. The van der Waals surface area contributed by atoms with E-state index in [-0.39, 0.29) is 17.6 Å². The van der Waals surface area contributed by atoms with E-state index in [0.29, 0.717) is 27.9 Å². The molecule has 0 bridgehead atoms. The first kappa shape index (κ1) is 22.5. The summed E-state index contributed by atoms with van der Waals surface area (Å²) in [6, 6.07) is 17.8. The maximum absolute atomic E-state index is 12.3. The van der Waals surface area contributed by atoms with Crippen LogP contribution >= 0.6 is 27.7 Å². The van der Waals surface area contributed by atoms with E-state index in [2.05, 4.69) is 41.7 Å². The van der Waals surface area contributed by atoms with Gasteiger partial charge in [-0.1, -0.05) is 33.8 Å². The second kappa shape index (κ2) is 10.3. The lowest BCUT2D eigenvalue weighted by Gasteiger charge is -2.07. The van der Waals surface area contributed by atoms with Crippen LogP contribution in [0.3, 0.4) is 0 Å². The molecule has 4 N–H and O–H groups in total. The van der Waals surface area contributed by atoms with Crippen LogP contribution in [0.5, 0.6) is 0 Å². The molecule has 2 heterocycles. The number of pyridine rings is 1. The number of halogens is 1. The van der Waals surface area contributed by atoms with Crippen LogP contribution in [0.2, 0.25) is 0 Å². The molecular formula is C22H18BrN7O2S. The number of hydrogen-bond acceptors (Lipinski definition) is 7. The van der Waals surface area contributed by atoms with Crippen molar-refractivity contribution in [1.82, 2.24) is 19.9 Å². The number of nitrogen functional groups attached to an aromatic ring is 1. The fourth-order valence-electron chi connectivity index (χ4n) is 2.87. The van der Waals surface area contributed by atoms with Gasteiger partial charge in [0.05, 0.1) is 11.3 Å². The Kier molecular flexibility index (Phi) is 7.01. The average Bonchev–Trinajstić information content (AvgIpc) is 3.19. The van der Waals surface area contributed by atoms with Crippen molar-refractivity contribution in [3.05, 3.63) is 83.1 Å². The number of thioether (sulfide) groups is 1. The molecule has 0 atom stereocenters. The number of anilines is 2. The zero-order valence-corrected chi connectivity index (χ0v) is 19.5. The molecule has 0 radical (unpaired) electrons. The van der Waals surface area contributed by atoms with Gasteiger partial charge >= 0.3 is 0 Å². The Morgan fingerprint density at radius 3 is 2.55 bits per heavy atom. The molecule has 166 valence electrons. The van der Waals surface area contributed by atoms with Gasteiger partial charge in [0.15, 0.2) is 5.82 Å². The topological polar surface area (TPSA) is 128 Å². The zero-order chi connectivity index (χ0) is 23.2. The molecule has 4 rings (SSSR count). The van der Waals surface area contributed by atoms with Crippen LogP contribution in [0, 0.1) is 0 Å². The van der Waals surface area contributed by atoms with E-state index in [9.17, 15) is 9.59 Å². The molecule has 2 aromatic heterocycles. The highest BCUT2D eigenvalue weighted by Gasteiger charge is 2.14. The lowest BCUT2D eigenvalue weighted by molar-refractivity contribution is -0.113. The fraction of sp³-hybridized carbons (Fsp3) is 0.0455. The van der Waals surface area contributed by atoms with E-state index in [1.807, 2.05) is 18.2 Å². The van der Waals surface area contributed by atoms with Crippen molar-refractivity contribution in [2.45, 2.75) is 5.16 Å². The van der Waals surface area contributed by atoms with Gasteiger partial charge in [-0.05, 0) is 54.6 Å². The first-order valence-electron chi connectivity index (χ1n) is 9.70. The van der Waals surface area contributed by atoms with Crippen molar-refractivity contribution in [2.75, 3.05) is 22.2 Å². The van der Waals surface area contributed by atoms with Crippen LogP contribution in [0.1, 0.15) is 10.4 Å². The van der Waals surface area contributed by atoms with Gasteiger partial charge in [-0.3, -0.25) is 14.6 Å².